The van der Waals surface area contributed by atoms with Crippen molar-refractivity contribution in [1.82, 2.24) is 5.32 Å². The van der Waals surface area contributed by atoms with Gasteiger partial charge in [-0.25, -0.2) is 4.39 Å². The first-order valence-electron chi connectivity index (χ1n) is 5.74. The first-order valence-corrected chi connectivity index (χ1v) is 5.74. The molecule has 0 spiro atoms. The summed E-state index contributed by atoms with van der Waals surface area (Å²) in [4.78, 5) is 0. The van der Waals surface area contributed by atoms with Gasteiger partial charge in [-0.05, 0) is 44.0 Å². The van der Waals surface area contributed by atoms with Gasteiger partial charge in [0.15, 0.2) is 0 Å². The minimum absolute atomic E-state index is 0.164. The standard InChI is InChI=1S/C14H20FN/c1-4-16-14(8-11(2)3)10-12-6-5-7-13(15)9-12/h5-7,9,14,16H,2,4,8,10H2,1,3H3. The molecule has 0 aromatic heterocycles. The molecule has 0 saturated carbocycles. The summed E-state index contributed by atoms with van der Waals surface area (Å²) in [6.45, 7) is 8.95. The van der Waals surface area contributed by atoms with Crippen LogP contribution >= 0.6 is 0 Å². The van der Waals surface area contributed by atoms with Crippen molar-refractivity contribution >= 4 is 0 Å². The second kappa shape index (κ2) is 6.44. The zero-order valence-electron chi connectivity index (χ0n) is 10.1. The molecule has 0 aliphatic heterocycles. The fourth-order valence-corrected chi connectivity index (χ4v) is 1.87. The largest absolute Gasteiger partial charge is 0.314 e. The maximum absolute atomic E-state index is 13.0. The van der Waals surface area contributed by atoms with E-state index in [4.69, 9.17) is 0 Å². The number of nitrogens with one attached hydrogen (secondary N) is 1. The monoisotopic (exact) mass is 221 g/mol. The summed E-state index contributed by atoms with van der Waals surface area (Å²) in [7, 11) is 0. The highest BCUT2D eigenvalue weighted by molar-refractivity contribution is 5.18. The topological polar surface area (TPSA) is 12.0 Å². The van der Waals surface area contributed by atoms with E-state index >= 15 is 0 Å². The molecule has 0 bridgehead atoms. The van der Waals surface area contributed by atoms with E-state index in [0.29, 0.717) is 6.04 Å². The van der Waals surface area contributed by atoms with Gasteiger partial charge in [-0.3, -0.25) is 0 Å². The molecule has 0 amide bonds. The first kappa shape index (κ1) is 12.9. The Morgan fingerprint density at radius 3 is 2.81 bits per heavy atom. The summed E-state index contributed by atoms with van der Waals surface area (Å²) in [5.74, 6) is -0.164. The van der Waals surface area contributed by atoms with E-state index in [9.17, 15) is 4.39 Å². The Bertz CT molecular complexity index is 346. The van der Waals surface area contributed by atoms with Crippen LogP contribution in [0.1, 0.15) is 25.8 Å². The van der Waals surface area contributed by atoms with Gasteiger partial charge in [0.25, 0.3) is 0 Å². The molecule has 1 nitrogen and oxygen atoms in total. The molecule has 1 unspecified atom stereocenters. The van der Waals surface area contributed by atoms with Crippen molar-refractivity contribution in [3.8, 4) is 0 Å². The zero-order valence-corrected chi connectivity index (χ0v) is 10.1. The lowest BCUT2D eigenvalue weighted by Crippen LogP contribution is -2.31. The Labute approximate surface area is 97.4 Å². The Balaban J connectivity index is 2.63. The van der Waals surface area contributed by atoms with E-state index in [-0.39, 0.29) is 5.82 Å². The van der Waals surface area contributed by atoms with Crippen molar-refractivity contribution in [2.24, 2.45) is 0 Å². The molecule has 1 N–H and O–H groups in total. The Kier molecular flexibility index (Phi) is 5.20. The van der Waals surface area contributed by atoms with Gasteiger partial charge >= 0.3 is 0 Å². The quantitative estimate of drug-likeness (QED) is 0.727. The third-order valence-electron chi connectivity index (χ3n) is 2.46. The van der Waals surface area contributed by atoms with Crippen LogP contribution in [0.15, 0.2) is 36.4 Å². The van der Waals surface area contributed by atoms with E-state index in [0.717, 1.165) is 30.5 Å². The molecule has 1 atom stereocenters. The SMILES string of the molecule is C=C(C)CC(Cc1cccc(F)c1)NCC. The highest BCUT2D eigenvalue weighted by Crippen LogP contribution is 2.11. The van der Waals surface area contributed by atoms with Gasteiger partial charge in [0.1, 0.15) is 5.82 Å². The van der Waals surface area contributed by atoms with Gasteiger partial charge in [0.2, 0.25) is 0 Å². The van der Waals surface area contributed by atoms with Crippen LogP contribution in [0, 0.1) is 5.82 Å². The summed E-state index contributed by atoms with van der Waals surface area (Å²) < 4.78 is 13.0. The summed E-state index contributed by atoms with van der Waals surface area (Å²) in [5, 5.41) is 3.40. The van der Waals surface area contributed by atoms with E-state index in [1.54, 1.807) is 12.1 Å². The van der Waals surface area contributed by atoms with Crippen molar-refractivity contribution in [1.29, 1.82) is 0 Å². The van der Waals surface area contributed by atoms with Crippen molar-refractivity contribution < 1.29 is 4.39 Å². The molecule has 0 radical (unpaired) electrons. The van der Waals surface area contributed by atoms with Crippen LogP contribution in [-0.4, -0.2) is 12.6 Å². The van der Waals surface area contributed by atoms with Crippen LogP contribution in [0.5, 0.6) is 0 Å². The fraction of sp³-hybridized carbons (Fsp3) is 0.429. The average Bonchev–Trinajstić information content (AvgIpc) is 2.16. The molecule has 16 heavy (non-hydrogen) atoms. The maximum Gasteiger partial charge on any atom is 0.123 e. The third kappa shape index (κ3) is 4.58. The fourth-order valence-electron chi connectivity index (χ4n) is 1.87. The molecule has 0 aliphatic carbocycles. The minimum Gasteiger partial charge on any atom is -0.314 e. The van der Waals surface area contributed by atoms with Gasteiger partial charge in [-0.15, -0.1) is 6.58 Å². The van der Waals surface area contributed by atoms with Crippen LogP contribution in [0.2, 0.25) is 0 Å². The van der Waals surface area contributed by atoms with Gasteiger partial charge in [-0.2, -0.15) is 0 Å². The molecule has 0 aliphatic rings. The van der Waals surface area contributed by atoms with Crippen LogP contribution in [0.4, 0.5) is 4.39 Å². The molecule has 88 valence electrons. The number of hydrogen-bond donors (Lipinski definition) is 1. The van der Waals surface area contributed by atoms with Crippen LogP contribution in [0.3, 0.4) is 0 Å². The normalized spacial score (nSPS) is 12.4. The predicted octanol–water partition coefficient (Wildman–Crippen LogP) is 3.31. The maximum atomic E-state index is 13.0. The smallest absolute Gasteiger partial charge is 0.123 e. The Morgan fingerprint density at radius 1 is 1.50 bits per heavy atom. The molecule has 1 aromatic carbocycles. The summed E-state index contributed by atoms with van der Waals surface area (Å²) >= 11 is 0. The lowest BCUT2D eigenvalue weighted by Gasteiger charge is -2.18. The third-order valence-corrected chi connectivity index (χ3v) is 2.46. The highest BCUT2D eigenvalue weighted by Gasteiger charge is 2.08. The van der Waals surface area contributed by atoms with Crippen LogP contribution in [0.25, 0.3) is 0 Å². The number of hydrogen-bond acceptors (Lipinski definition) is 1. The second-order valence-corrected chi connectivity index (χ2v) is 4.25. The molecular weight excluding hydrogens is 201 g/mol. The van der Waals surface area contributed by atoms with Crippen molar-refractivity contribution in [2.75, 3.05) is 6.54 Å². The first-order chi connectivity index (χ1) is 7.61. The number of rotatable bonds is 6. The Hall–Kier alpha value is -1.15. The van der Waals surface area contributed by atoms with Crippen molar-refractivity contribution in [2.45, 2.75) is 32.7 Å². The van der Waals surface area contributed by atoms with Crippen LogP contribution < -0.4 is 5.32 Å². The average molecular weight is 221 g/mol. The molecule has 1 rings (SSSR count). The van der Waals surface area contributed by atoms with E-state index in [1.165, 1.54) is 6.07 Å². The summed E-state index contributed by atoms with van der Waals surface area (Å²) in [5.41, 5.74) is 2.19. The van der Waals surface area contributed by atoms with Crippen LogP contribution in [-0.2, 0) is 6.42 Å². The molecule has 0 heterocycles. The molecular formula is C14H20FN. The summed E-state index contributed by atoms with van der Waals surface area (Å²) in [6, 6.07) is 7.15. The lowest BCUT2D eigenvalue weighted by atomic mass is 10.0. The van der Waals surface area contributed by atoms with Gasteiger partial charge in [-0.1, -0.05) is 24.6 Å². The van der Waals surface area contributed by atoms with E-state index in [2.05, 4.69) is 18.8 Å². The van der Waals surface area contributed by atoms with E-state index in [1.807, 2.05) is 13.0 Å². The summed E-state index contributed by atoms with van der Waals surface area (Å²) in [6.07, 6.45) is 1.78. The number of halogens is 1. The van der Waals surface area contributed by atoms with Gasteiger partial charge in [0.05, 0.1) is 0 Å². The molecule has 2 heteroatoms. The number of benzene rings is 1. The van der Waals surface area contributed by atoms with Gasteiger partial charge in [0, 0.05) is 6.04 Å². The Morgan fingerprint density at radius 2 is 2.25 bits per heavy atom. The highest BCUT2D eigenvalue weighted by atomic mass is 19.1. The van der Waals surface area contributed by atoms with Crippen molar-refractivity contribution in [3.63, 3.8) is 0 Å². The van der Waals surface area contributed by atoms with E-state index < -0.39 is 0 Å². The minimum atomic E-state index is -0.164. The molecule has 0 saturated heterocycles. The molecule has 1 aromatic rings. The molecule has 0 fully saturated rings. The second-order valence-electron chi connectivity index (χ2n) is 4.25. The zero-order chi connectivity index (χ0) is 12.0. The van der Waals surface area contributed by atoms with Crippen molar-refractivity contribution in [3.05, 3.63) is 47.8 Å². The predicted molar refractivity (Wildman–Crippen MR) is 67.0 cm³/mol. The lowest BCUT2D eigenvalue weighted by molar-refractivity contribution is 0.518. The number of likely N-dealkylation sites (N-methyl/N-ethyl adjacent to an activating group) is 1. The van der Waals surface area contributed by atoms with Gasteiger partial charge < -0.3 is 5.32 Å².